The first-order chi connectivity index (χ1) is 5.46. The highest BCUT2D eigenvalue weighted by Crippen LogP contribution is 2.48. The third-order valence-electron chi connectivity index (χ3n) is 2.62. The number of hydrogen-bond donors (Lipinski definition) is 1. The fourth-order valence-corrected chi connectivity index (χ4v) is 2.20. The number of carbonyl (C=O) groups excluding carboxylic acids is 1. The van der Waals surface area contributed by atoms with Crippen LogP contribution in [0.2, 0.25) is 0 Å². The molecule has 4 heteroatoms. The summed E-state index contributed by atoms with van der Waals surface area (Å²) in [5.74, 6) is -0.135. The normalized spacial score (nSPS) is 22.5. The van der Waals surface area contributed by atoms with Crippen molar-refractivity contribution in [1.82, 2.24) is 5.32 Å². The molecule has 3 nitrogen and oxygen atoms in total. The van der Waals surface area contributed by atoms with Crippen molar-refractivity contribution >= 4 is 18.4 Å². The first kappa shape index (κ1) is 12.7. The fourth-order valence-electron chi connectivity index (χ4n) is 2.20. The molecule has 78 valence electrons. The molecular formula is C9H18ClNO2. The van der Waals surface area contributed by atoms with Crippen LogP contribution in [-0.4, -0.2) is 25.7 Å². The molecule has 0 atom stereocenters. The van der Waals surface area contributed by atoms with Gasteiger partial charge in [0.25, 0.3) is 0 Å². The standard InChI is InChI=1S/C9H17NO2.ClH/c1-8(2)5-9(6-8,10-3)7(11)12-4;/h10H,5-6H2,1-4H3;1H. The average molecular weight is 208 g/mol. The quantitative estimate of drug-likeness (QED) is 0.695. The van der Waals surface area contributed by atoms with Gasteiger partial charge in [0.15, 0.2) is 0 Å². The summed E-state index contributed by atoms with van der Waals surface area (Å²) < 4.78 is 4.74. The molecule has 1 aliphatic carbocycles. The van der Waals surface area contributed by atoms with E-state index < -0.39 is 5.54 Å². The molecule has 0 aromatic rings. The van der Waals surface area contributed by atoms with Gasteiger partial charge in [0.1, 0.15) is 5.54 Å². The van der Waals surface area contributed by atoms with Crippen molar-refractivity contribution in [2.45, 2.75) is 32.2 Å². The van der Waals surface area contributed by atoms with Crippen molar-refractivity contribution in [1.29, 1.82) is 0 Å². The Hall–Kier alpha value is -0.280. The molecule has 0 aromatic carbocycles. The third-order valence-corrected chi connectivity index (χ3v) is 2.62. The van der Waals surface area contributed by atoms with Crippen molar-refractivity contribution in [3.63, 3.8) is 0 Å². The molecule has 0 unspecified atom stereocenters. The Morgan fingerprint density at radius 2 is 1.85 bits per heavy atom. The van der Waals surface area contributed by atoms with E-state index in [1.807, 2.05) is 7.05 Å². The number of hydrogen-bond acceptors (Lipinski definition) is 3. The number of carbonyl (C=O) groups is 1. The zero-order valence-corrected chi connectivity index (χ0v) is 9.46. The second-order valence-corrected chi connectivity index (χ2v) is 4.34. The molecule has 1 N–H and O–H groups in total. The molecular weight excluding hydrogens is 190 g/mol. The number of esters is 1. The Labute approximate surface area is 85.6 Å². The van der Waals surface area contributed by atoms with Gasteiger partial charge in [0.2, 0.25) is 0 Å². The molecule has 1 rings (SSSR count). The van der Waals surface area contributed by atoms with Gasteiger partial charge in [-0.25, -0.2) is 0 Å². The number of ether oxygens (including phenoxy) is 1. The van der Waals surface area contributed by atoms with Crippen molar-refractivity contribution in [3.8, 4) is 0 Å². The molecule has 0 radical (unpaired) electrons. The minimum Gasteiger partial charge on any atom is -0.468 e. The summed E-state index contributed by atoms with van der Waals surface area (Å²) in [6, 6.07) is 0. The summed E-state index contributed by atoms with van der Waals surface area (Å²) in [7, 11) is 3.25. The van der Waals surface area contributed by atoms with Crippen molar-refractivity contribution < 1.29 is 9.53 Å². The van der Waals surface area contributed by atoms with Crippen LogP contribution in [0.1, 0.15) is 26.7 Å². The number of likely N-dealkylation sites (N-methyl/N-ethyl adjacent to an activating group) is 1. The van der Waals surface area contributed by atoms with Crippen LogP contribution >= 0.6 is 12.4 Å². The van der Waals surface area contributed by atoms with Crippen LogP contribution < -0.4 is 5.32 Å². The predicted molar refractivity (Wildman–Crippen MR) is 54.1 cm³/mol. The Morgan fingerprint density at radius 1 is 1.38 bits per heavy atom. The van der Waals surface area contributed by atoms with Gasteiger partial charge in [0, 0.05) is 0 Å². The zero-order chi connectivity index (χ0) is 9.41. The van der Waals surface area contributed by atoms with E-state index in [1.165, 1.54) is 7.11 Å². The van der Waals surface area contributed by atoms with E-state index in [0.29, 0.717) is 0 Å². The number of halogens is 1. The molecule has 0 heterocycles. The molecule has 0 saturated heterocycles. The van der Waals surface area contributed by atoms with E-state index in [0.717, 1.165) is 12.8 Å². The Kier molecular flexibility index (Phi) is 3.76. The summed E-state index contributed by atoms with van der Waals surface area (Å²) in [5, 5.41) is 3.05. The lowest BCUT2D eigenvalue weighted by Gasteiger charge is -2.50. The number of rotatable bonds is 2. The molecule has 0 amide bonds. The van der Waals surface area contributed by atoms with Gasteiger partial charge in [-0.3, -0.25) is 4.79 Å². The molecule has 1 aliphatic rings. The predicted octanol–water partition coefficient (Wildman–Crippen LogP) is 1.36. The van der Waals surface area contributed by atoms with E-state index in [2.05, 4.69) is 19.2 Å². The van der Waals surface area contributed by atoms with E-state index in [-0.39, 0.29) is 23.8 Å². The zero-order valence-electron chi connectivity index (χ0n) is 8.64. The lowest BCUT2D eigenvalue weighted by Crippen LogP contribution is -2.63. The summed E-state index contributed by atoms with van der Waals surface area (Å²) in [5.41, 5.74) is -0.130. The lowest BCUT2D eigenvalue weighted by molar-refractivity contribution is -0.158. The second kappa shape index (κ2) is 3.84. The number of nitrogens with one attached hydrogen (secondary N) is 1. The largest absolute Gasteiger partial charge is 0.468 e. The Morgan fingerprint density at radius 3 is 2.08 bits per heavy atom. The Bertz CT molecular complexity index is 196. The summed E-state index contributed by atoms with van der Waals surface area (Å²) in [6.07, 6.45) is 1.73. The molecule has 1 fully saturated rings. The van der Waals surface area contributed by atoms with Gasteiger partial charge in [-0.1, -0.05) is 13.8 Å². The monoisotopic (exact) mass is 207 g/mol. The van der Waals surface area contributed by atoms with Crippen LogP contribution in [0.25, 0.3) is 0 Å². The molecule has 0 aliphatic heterocycles. The molecule has 13 heavy (non-hydrogen) atoms. The second-order valence-electron chi connectivity index (χ2n) is 4.34. The van der Waals surface area contributed by atoms with Crippen molar-refractivity contribution in [3.05, 3.63) is 0 Å². The average Bonchev–Trinajstić information content (AvgIpc) is 1.97. The van der Waals surface area contributed by atoms with E-state index in [4.69, 9.17) is 4.74 Å². The SMILES string of the molecule is CNC1(C(=O)OC)CC(C)(C)C1.Cl. The molecule has 0 bridgehead atoms. The van der Waals surface area contributed by atoms with Crippen LogP contribution in [0.3, 0.4) is 0 Å². The van der Waals surface area contributed by atoms with Gasteiger partial charge in [-0.2, -0.15) is 0 Å². The number of methoxy groups -OCH3 is 1. The summed E-state index contributed by atoms with van der Waals surface area (Å²) in [6.45, 7) is 4.32. The first-order valence-electron chi connectivity index (χ1n) is 4.23. The lowest BCUT2D eigenvalue weighted by atomic mass is 9.59. The van der Waals surface area contributed by atoms with E-state index in [1.54, 1.807) is 0 Å². The maximum absolute atomic E-state index is 11.4. The highest BCUT2D eigenvalue weighted by atomic mass is 35.5. The summed E-state index contributed by atoms with van der Waals surface area (Å²) in [4.78, 5) is 11.4. The Balaban J connectivity index is 0.00000144. The van der Waals surface area contributed by atoms with Crippen molar-refractivity contribution in [2.75, 3.05) is 14.2 Å². The third kappa shape index (κ3) is 2.15. The maximum atomic E-state index is 11.4. The van der Waals surface area contributed by atoms with Gasteiger partial charge in [0.05, 0.1) is 7.11 Å². The minimum atomic E-state index is -0.405. The fraction of sp³-hybridized carbons (Fsp3) is 0.889. The van der Waals surface area contributed by atoms with Gasteiger partial charge in [-0.15, -0.1) is 12.4 Å². The van der Waals surface area contributed by atoms with Crippen LogP contribution in [0.15, 0.2) is 0 Å². The topological polar surface area (TPSA) is 38.3 Å². The van der Waals surface area contributed by atoms with E-state index >= 15 is 0 Å². The van der Waals surface area contributed by atoms with Crippen LogP contribution in [0.4, 0.5) is 0 Å². The summed E-state index contributed by atoms with van der Waals surface area (Å²) >= 11 is 0. The van der Waals surface area contributed by atoms with Gasteiger partial charge < -0.3 is 10.1 Å². The highest BCUT2D eigenvalue weighted by molar-refractivity contribution is 5.85. The van der Waals surface area contributed by atoms with Crippen molar-refractivity contribution in [2.24, 2.45) is 5.41 Å². The molecule has 0 spiro atoms. The molecule has 1 saturated carbocycles. The van der Waals surface area contributed by atoms with Crippen LogP contribution in [-0.2, 0) is 9.53 Å². The maximum Gasteiger partial charge on any atom is 0.326 e. The minimum absolute atomic E-state index is 0. The molecule has 0 aromatic heterocycles. The van der Waals surface area contributed by atoms with Gasteiger partial charge >= 0.3 is 5.97 Å². The first-order valence-corrected chi connectivity index (χ1v) is 4.23. The highest BCUT2D eigenvalue weighted by Gasteiger charge is 2.54. The van der Waals surface area contributed by atoms with Crippen LogP contribution in [0.5, 0.6) is 0 Å². The smallest absolute Gasteiger partial charge is 0.326 e. The van der Waals surface area contributed by atoms with E-state index in [9.17, 15) is 4.79 Å². The van der Waals surface area contributed by atoms with Crippen LogP contribution in [0, 0.1) is 5.41 Å². The van der Waals surface area contributed by atoms with Gasteiger partial charge in [-0.05, 0) is 25.3 Å².